The fourth-order valence-electron chi connectivity index (χ4n) is 4.64. The zero-order chi connectivity index (χ0) is 30.2. The topological polar surface area (TPSA) is 119 Å². The molecule has 4 aromatic rings. The largest absolute Gasteiger partial charge is 0.493 e. The predicted octanol–water partition coefficient (Wildman–Crippen LogP) is 5.67. The molecule has 3 aromatic carbocycles. The van der Waals surface area contributed by atoms with Crippen LogP contribution in [0, 0.1) is 13.8 Å². The third kappa shape index (κ3) is 6.95. The average molecular weight is 572 g/mol. The number of hydrogen-bond acceptors (Lipinski definition) is 7. The van der Waals surface area contributed by atoms with Crippen molar-refractivity contribution in [3.8, 4) is 17.2 Å². The molecule has 0 aliphatic heterocycles. The number of nitrogens with one attached hydrogen (secondary N) is 2. The molecule has 0 aliphatic carbocycles. The fraction of sp³-hybridized carbons (Fsp3) is 0.312. The molecule has 2 amide bonds. The number of nitrogens with zero attached hydrogens (tertiary/aromatic N) is 3. The van der Waals surface area contributed by atoms with Crippen LogP contribution in [0.4, 0.5) is 5.69 Å². The number of para-hydroxylation sites is 2. The zero-order valence-corrected chi connectivity index (χ0v) is 24.8. The monoisotopic (exact) mass is 571 g/mol. The number of methoxy groups -OCH3 is 2. The first-order chi connectivity index (χ1) is 20.2. The molecule has 10 heteroatoms. The lowest BCUT2D eigenvalue weighted by molar-refractivity contribution is -0.123. The van der Waals surface area contributed by atoms with Crippen LogP contribution in [0.3, 0.4) is 0 Å². The Hall–Kier alpha value is -4.70. The minimum absolute atomic E-state index is 0.0773. The van der Waals surface area contributed by atoms with Crippen molar-refractivity contribution in [2.75, 3.05) is 19.1 Å². The molecule has 0 saturated heterocycles. The van der Waals surface area contributed by atoms with E-state index in [-0.39, 0.29) is 24.2 Å². The highest BCUT2D eigenvalue weighted by atomic mass is 16.5. The smallest absolute Gasteiger partial charge is 0.281 e. The number of rotatable bonds is 12. The maximum Gasteiger partial charge on any atom is 0.281 e. The minimum Gasteiger partial charge on any atom is -0.493 e. The maximum absolute atomic E-state index is 14.3. The van der Waals surface area contributed by atoms with Crippen LogP contribution in [0.2, 0.25) is 0 Å². The van der Waals surface area contributed by atoms with E-state index < -0.39 is 11.9 Å². The molecule has 4 rings (SSSR count). The number of aromatic nitrogens is 3. The van der Waals surface area contributed by atoms with Gasteiger partial charge in [0.1, 0.15) is 17.5 Å². The molecular formula is C32H37N5O5. The number of carbonyl (C=O) groups excluding carboxylic acids is 2. The van der Waals surface area contributed by atoms with E-state index in [4.69, 9.17) is 14.2 Å². The van der Waals surface area contributed by atoms with Gasteiger partial charge in [0.05, 0.1) is 13.7 Å². The van der Waals surface area contributed by atoms with Crippen LogP contribution in [0.1, 0.15) is 59.2 Å². The molecule has 220 valence electrons. The number of hydrogen-bond donors (Lipinski definition) is 2. The van der Waals surface area contributed by atoms with E-state index in [1.165, 1.54) is 12.0 Å². The van der Waals surface area contributed by atoms with Crippen molar-refractivity contribution in [1.29, 1.82) is 0 Å². The van der Waals surface area contributed by atoms with Crippen LogP contribution >= 0.6 is 0 Å². The van der Waals surface area contributed by atoms with Crippen molar-refractivity contribution >= 4 is 17.5 Å². The summed E-state index contributed by atoms with van der Waals surface area (Å²) in [5.74, 6) is 0.889. The van der Waals surface area contributed by atoms with Gasteiger partial charge in [-0.3, -0.25) is 14.5 Å². The number of benzene rings is 3. The Morgan fingerprint density at radius 2 is 1.62 bits per heavy atom. The van der Waals surface area contributed by atoms with E-state index in [0.717, 1.165) is 17.5 Å². The summed E-state index contributed by atoms with van der Waals surface area (Å²) in [5.41, 5.74) is 3.46. The van der Waals surface area contributed by atoms with Gasteiger partial charge in [0.25, 0.3) is 5.91 Å². The molecule has 1 heterocycles. The fourth-order valence-corrected chi connectivity index (χ4v) is 4.64. The Labute approximate surface area is 246 Å². The number of aryl methyl sites for hydroxylation is 2. The lowest BCUT2D eigenvalue weighted by Crippen LogP contribution is -2.46. The van der Waals surface area contributed by atoms with E-state index in [1.807, 2.05) is 70.2 Å². The summed E-state index contributed by atoms with van der Waals surface area (Å²) in [7, 11) is 3.10. The third-order valence-corrected chi connectivity index (χ3v) is 6.81. The maximum atomic E-state index is 14.3. The number of amides is 2. The van der Waals surface area contributed by atoms with Crippen molar-refractivity contribution < 1.29 is 23.8 Å². The van der Waals surface area contributed by atoms with Crippen LogP contribution in [0.25, 0.3) is 0 Å². The summed E-state index contributed by atoms with van der Waals surface area (Å²) in [6.07, 6.45) is 0.725. The Kier molecular flexibility index (Phi) is 9.93. The molecule has 2 N–H and O–H groups in total. The second-order valence-electron chi connectivity index (χ2n) is 10.1. The van der Waals surface area contributed by atoms with Gasteiger partial charge in [0.15, 0.2) is 17.2 Å². The number of aromatic amines is 1. The van der Waals surface area contributed by atoms with Crippen molar-refractivity contribution in [3.05, 3.63) is 94.8 Å². The molecule has 0 spiro atoms. The standard InChI is InChI=1S/C32H37N5O5/c1-7-22(4)33-31(38)30(23-12-14-25(15-13-23)42-28-11-9-8-10-27(28)41-6)37(24-17-20(2)16-21(3)18-24)32(39)29-26(19-40-5)34-36-35-29/h8-18,22,30H,7,19H2,1-6H3,(H,33,38)(H,34,35,36). The first kappa shape index (κ1) is 30.3. The van der Waals surface area contributed by atoms with Crippen LogP contribution in [0.5, 0.6) is 17.2 Å². The van der Waals surface area contributed by atoms with Crippen molar-refractivity contribution in [2.45, 2.75) is 52.8 Å². The van der Waals surface area contributed by atoms with Crippen molar-refractivity contribution in [2.24, 2.45) is 0 Å². The molecule has 0 bridgehead atoms. The molecule has 2 atom stereocenters. The predicted molar refractivity (Wildman–Crippen MR) is 160 cm³/mol. The second kappa shape index (κ2) is 13.8. The SMILES string of the molecule is CCC(C)NC(=O)C(c1ccc(Oc2ccccc2OC)cc1)N(C(=O)c1n[nH]nc1COC)c1cc(C)cc(C)c1. The Morgan fingerprint density at radius 1 is 0.952 bits per heavy atom. The normalized spacial score (nSPS) is 12.3. The lowest BCUT2D eigenvalue weighted by atomic mass is 10.0. The van der Waals surface area contributed by atoms with Crippen molar-refractivity contribution in [1.82, 2.24) is 20.7 Å². The van der Waals surface area contributed by atoms with Gasteiger partial charge >= 0.3 is 0 Å². The van der Waals surface area contributed by atoms with Crippen LogP contribution in [0.15, 0.2) is 66.7 Å². The van der Waals surface area contributed by atoms with E-state index >= 15 is 0 Å². The summed E-state index contributed by atoms with van der Waals surface area (Å²) in [6.45, 7) is 7.89. The highest BCUT2D eigenvalue weighted by molar-refractivity contribution is 6.09. The Morgan fingerprint density at radius 3 is 2.24 bits per heavy atom. The number of ether oxygens (including phenoxy) is 3. The highest BCUT2D eigenvalue weighted by Gasteiger charge is 2.36. The van der Waals surface area contributed by atoms with Crippen molar-refractivity contribution in [3.63, 3.8) is 0 Å². The number of H-pyrrole nitrogens is 1. The molecule has 0 fully saturated rings. The summed E-state index contributed by atoms with van der Waals surface area (Å²) >= 11 is 0. The Bertz CT molecular complexity index is 1500. The zero-order valence-electron chi connectivity index (χ0n) is 24.8. The highest BCUT2D eigenvalue weighted by Crippen LogP contribution is 2.35. The first-order valence-electron chi connectivity index (χ1n) is 13.8. The van der Waals surface area contributed by atoms with Gasteiger partial charge in [-0.1, -0.05) is 37.3 Å². The van der Waals surface area contributed by atoms with E-state index in [0.29, 0.717) is 34.2 Å². The quantitative estimate of drug-likeness (QED) is 0.225. The summed E-state index contributed by atoms with van der Waals surface area (Å²) in [5, 5.41) is 13.8. The minimum atomic E-state index is -1.03. The summed E-state index contributed by atoms with van der Waals surface area (Å²) in [4.78, 5) is 29.8. The van der Waals surface area contributed by atoms with Gasteiger partial charge < -0.3 is 19.5 Å². The Balaban J connectivity index is 1.82. The molecule has 0 radical (unpaired) electrons. The third-order valence-electron chi connectivity index (χ3n) is 6.81. The van der Waals surface area contributed by atoms with Crippen LogP contribution in [-0.4, -0.2) is 47.5 Å². The first-order valence-corrected chi connectivity index (χ1v) is 13.8. The molecular weight excluding hydrogens is 534 g/mol. The average Bonchev–Trinajstić information content (AvgIpc) is 3.44. The van der Waals surface area contributed by atoms with E-state index in [9.17, 15) is 9.59 Å². The molecule has 0 aliphatic rings. The summed E-state index contributed by atoms with van der Waals surface area (Å²) < 4.78 is 16.7. The molecule has 10 nitrogen and oxygen atoms in total. The van der Waals surface area contributed by atoms with Gasteiger partial charge in [-0.15, -0.1) is 0 Å². The van der Waals surface area contributed by atoms with Gasteiger partial charge in [-0.2, -0.15) is 15.4 Å². The van der Waals surface area contributed by atoms with Gasteiger partial charge in [0, 0.05) is 18.8 Å². The van der Waals surface area contributed by atoms with E-state index in [1.54, 1.807) is 31.4 Å². The summed E-state index contributed by atoms with van der Waals surface area (Å²) in [6, 6.07) is 19.1. The van der Waals surface area contributed by atoms with Gasteiger partial charge in [-0.05, 0) is 80.3 Å². The van der Waals surface area contributed by atoms with Gasteiger partial charge in [0.2, 0.25) is 5.91 Å². The van der Waals surface area contributed by atoms with Crippen LogP contribution < -0.4 is 19.7 Å². The number of carbonyl (C=O) groups is 2. The molecule has 1 aromatic heterocycles. The molecule has 2 unspecified atom stereocenters. The van der Waals surface area contributed by atoms with Crippen LogP contribution in [-0.2, 0) is 16.1 Å². The molecule has 42 heavy (non-hydrogen) atoms. The molecule has 0 saturated carbocycles. The lowest BCUT2D eigenvalue weighted by Gasteiger charge is -2.32. The van der Waals surface area contributed by atoms with Gasteiger partial charge in [-0.25, -0.2) is 0 Å². The van der Waals surface area contributed by atoms with E-state index in [2.05, 4.69) is 20.7 Å². The second-order valence-corrected chi connectivity index (χ2v) is 10.1. The number of anilines is 1.